The van der Waals surface area contributed by atoms with Crippen molar-refractivity contribution in [2.45, 2.75) is 66.0 Å². The lowest BCUT2D eigenvalue weighted by molar-refractivity contribution is 0.0236. The second-order valence-electron chi connectivity index (χ2n) is 5.64. The van der Waals surface area contributed by atoms with E-state index in [1.807, 2.05) is 0 Å². The largest absolute Gasteiger partial charge is 0.468 e. The SMILES string of the molecule is CCCCN1OC1=O.CCN(CC)C1CCCCN1CC.Cl.Cl. The lowest BCUT2D eigenvalue weighted by Gasteiger charge is -2.41. The summed E-state index contributed by atoms with van der Waals surface area (Å²) in [6.45, 7) is 14.6. The monoisotopic (exact) mass is 371 g/mol. The Labute approximate surface area is 154 Å². The summed E-state index contributed by atoms with van der Waals surface area (Å²) in [5.74, 6) is 0. The summed E-state index contributed by atoms with van der Waals surface area (Å²) in [6.07, 6.45) is 6.87. The van der Waals surface area contributed by atoms with Gasteiger partial charge in [0, 0.05) is 0 Å². The molecular formula is C16H35Cl2N3O2. The number of rotatable bonds is 7. The molecule has 0 bridgehead atoms. The number of hydrogen-bond acceptors (Lipinski definition) is 4. The van der Waals surface area contributed by atoms with E-state index in [-0.39, 0.29) is 30.9 Å². The highest BCUT2D eigenvalue weighted by molar-refractivity contribution is 5.85. The lowest BCUT2D eigenvalue weighted by Crippen LogP contribution is -2.50. The van der Waals surface area contributed by atoms with Crippen molar-refractivity contribution in [2.24, 2.45) is 0 Å². The Balaban J connectivity index is 0. The van der Waals surface area contributed by atoms with Crippen molar-refractivity contribution in [1.29, 1.82) is 0 Å². The molecule has 2 rings (SSSR count). The van der Waals surface area contributed by atoms with Gasteiger partial charge in [-0.3, -0.25) is 9.80 Å². The average Bonchev–Trinajstić information content (AvgIpc) is 3.23. The number of piperidine rings is 1. The summed E-state index contributed by atoms with van der Waals surface area (Å²) in [6, 6.07) is 0. The number of hydroxylamine groups is 2. The molecule has 2 heterocycles. The molecule has 140 valence electrons. The highest BCUT2D eigenvalue weighted by Gasteiger charge is 2.32. The summed E-state index contributed by atoms with van der Waals surface area (Å²) in [5, 5.41) is 1.36. The zero-order valence-corrected chi connectivity index (χ0v) is 16.8. The minimum atomic E-state index is -0.182. The van der Waals surface area contributed by atoms with Gasteiger partial charge in [0.1, 0.15) is 0 Å². The van der Waals surface area contributed by atoms with E-state index in [9.17, 15) is 4.79 Å². The maximum absolute atomic E-state index is 10.1. The molecule has 2 saturated heterocycles. The van der Waals surface area contributed by atoms with Crippen LogP contribution in [0.1, 0.15) is 59.8 Å². The van der Waals surface area contributed by atoms with E-state index >= 15 is 0 Å². The van der Waals surface area contributed by atoms with Crippen molar-refractivity contribution < 1.29 is 9.63 Å². The predicted molar refractivity (Wildman–Crippen MR) is 100 cm³/mol. The number of carbonyl (C=O) groups is 1. The van der Waals surface area contributed by atoms with E-state index < -0.39 is 0 Å². The van der Waals surface area contributed by atoms with Crippen LogP contribution in [0.15, 0.2) is 0 Å². The number of nitrogens with zero attached hydrogens (tertiary/aromatic N) is 3. The summed E-state index contributed by atoms with van der Waals surface area (Å²) < 4.78 is 0. The fourth-order valence-electron chi connectivity index (χ4n) is 2.91. The standard InChI is InChI=1S/C11H24N2.C5H9NO2.2ClH/c1-4-12(5-2)11-9-7-8-10-13(11)6-3;1-2-3-4-6-5(7)8-6;;/h11H,4-10H2,1-3H3;2-4H2,1H3;2*1H. The van der Waals surface area contributed by atoms with E-state index in [4.69, 9.17) is 0 Å². The van der Waals surface area contributed by atoms with Crippen molar-refractivity contribution in [3.05, 3.63) is 0 Å². The first-order chi connectivity index (χ1) is 10.2. The molecular weight excluding hydrogens is 337 g/mol. The molecule has 5 nitrogen and oxygen atoms in total. The molecule has 0 aromatic carbocycles. The van der Waals surface area contributed by atoms with E-state index in [0.29, 0.717) is 0 Å². The van der Waals surface area contributed by atoms with Crippen molar-refractivity contribution >= 4 is 30.9 Å². The second kappa shape index (κ2) is 14.1. The first kappa shape index (κ1) is 25.0. The maximum atomic E-state index is 10.1. The number of amides is 1. The van der Waals surface area contributed by atoms with Crippen LogP contribution < -0.4 is 0 Å². The zero-order chi connectivity index (χ0) is 15.7. The highest BCUT2D eigenvalue weighted by Crippen LogP contribution is 2.19. The summed E-state index contributed by atoms with van der Waals surface area (Å²) in [5.41, 5.74) is 0. The third-order valence-electron chi connectivity index (χ3n) is 4.29. The first-order valence-electron chi connectivity index (χ1n) is 8.65. The molecule has 0 N–H and O–H groups in total. The van der Waals surface area contributed by atoms with Crippen LogP contribution in [0.4, 0.5) is 4.79 Å². The molecule has 7 heteroatoms. The molecule has 1 atom stereocenters. The van der Waals surface area contributed by atoms with Crippen LogP contribution in [-0.2, 0) is 4.84 Å². The van der Waals surface area contributed by atoms with Crippen LogP contribution in [0.5, 0.6) is 0 Å². The third-order valence-corrected chi connectivity index (χ3v) is 4.29. The van der Waals surface area contributed by atoms with E-state index in [1.165, 1.54) is 50.5 Å². The summed E-state index contributed by atoms with van der Waals surface area (Å²) >= 11 is 0. The number of halogens is 2. The van der Waals surface area contributed by atoms with E-state index in [0.717, 1.165) is 25.6 Å². The minimum absolute atomic E-state index is 0. The van der Waals surface area contributed by atoms with Gasteiger partial charge in [0.2, 0.25) is 0 Å². The lowest BCUT2D eigenvalue weighted by atomic mass is 10.1. The fourth-order valence-corrected chi connectivity index (χ4v) is 2.91. The van der Waals surface area contributed by atoms with Gasteiger partial charge in [0.25, 0.3) is 0 Å². The number of likely N-dealkylation sites (tertiary alicyclic amines) is 1. The van der Waals surface area contributed by atoms with Gasteiger partial charge in [-0.15, -0.1) is 29.9 Å². The fraction of sp³-hybridized carbons (Fsp3) is 0.938. The Morgan fingerprint density at radius 2 is 1.74 bits per heavy atom. The Morgan fingerprint density at radius 3 is 2.17 bits per heavy atom. The maximum Gasteiger partial charge on any atom is 0.468 e. The predicted octanol–water partition coefficient (Wildman–Crippen LogP) is 4.16. The molecule has 2 aliphatic rings. The van der Waals surface area contributed by atoms with Crippen LogP contribution in [-0.4, -0.2) is 59.8 Å². The van der Waals surface area contributed by atoms with Gasteiger partial charge < -0.3 is 4.84 Å². The number of hydrogen-bond donors (Lipinski definition) is 0. The van der Waals surface area contributed by atoms with Crippen molar-refractivity contribution in [1.82, 2.24) is 14.9 Å². The Kier molecular flexibility index (Phi) is 15.4. The Morgan fingerprint density at radius 1 is 1.13 bits per heavy atom. The molecule has 0 saturated carbocycles. The smallest absolute Gasteiger partial charge is 0.314 e. The van der Waals surface area contributed by atoms with Gasteiger partial charge in [-0.05, 0) is 51.9 Å². The average molecular weight is 372 g/mol. The first-order valence-corrected chi connectivity index (χ1v) is 8.65. The molecule has 1 amide bonds. The molecule has 0 radical (unpaired) electrons. The van der Waals surface area contributed by atoms with Crippen LogP contribution in [0.25, 0.3) is 0 Å². The van der Waals surface area contributed by atoms with E-state index in [1.54, 1.807) is 0 Å². The van der Waals surface area contributed by atoms with Crippen LogP contribution in [0.2, 0.25) is 0 Å². The molecule has 23 heavy (non-hydrogen) atoms. The molecule has 0 aliphatic carbocycles. The number of carbonyl (C=O) groups excluding carboxylic acids is 1. The van der Waals surface area contributed by atoms with E-state index in [2.05, 4.69) is 42.3 Å². The van der Waals surface area contributed by atoms with Gasteiger partial charge in [0.15, 0.2) is 0 Å². The van der Waals surface area contributed by atoms with Gasteiger partial charge in [-0.2, -0.15) is 0 Å². The quantitative estimate of drug-likeness (QED) is 0.629. The van der Waals surface area contributed by atoms with Crippen LogP contribution >= 0.6 is 24.8 Å². The molecule has 2 aliphatic heterocycles. The van der Waals surface area contributed by atoms with Gasteiger partial charge in [-0.25, -0.2) is 4.79 Å². The topological polar surface area (TPSA) is 39.1 Å². The Hall–Kier alpha value is -0.230. The van der Waals surface area contributed by atoms with Crippen molar-refractivity contribution in [2.75, 3.05) is 32.7 Å². The summed E-state index contributed by atoms with van der Waals surface area (Å²) in [4.78, 5) is 19.7. The third kappa shape index (κ3) is 8.99. The summed E-state index contributed by atoms with van der Waals surface area (Å²) in [7, 11) is 0. The van der Waals surface area contributed by atoms with Gasteiger partial charge >= 0.3 is 6.09 Å². The minimum Gasteiger partial charge on any atom is -0.314 e. The molecule has 1 unspecified atom stereocenters. The normalized spacial score (nSPS) is 20.0. The molecule has 2 fully saturated rings. The molecule has 0 aromatic heterocycles. The number of unbranched alkanes of at least 4 members (excludes halogenated alkanes) is 1. The zero-order valence-electron chi connectivity index (χ0n) is 15.1. The highest BCUT2D eigenvalue weighted by atomic mass is 35.5. The van der Waals surface area contributed by atoms with Crippen LogP contribution in [0.3, 0.4) is 0 Å². The second-order valence-corrected chi connectivity index (χ2v) is 5.64. The van der Waals surface area contributed by atoms with Crippen molar-refractivity contribution in [3.63, 3.8) is 0 Å². The van der Waals surface area contributed by atoms with Gasteiger partial charge in [-0.1, -0.05) is 34.1 Å². The molecule has 0 aromatic rings. The van der Waals surface area contributed by atoms with Gasteiger partial charge in [0.05, 0.1) is 12.7 Å². The van der Waals surface area contributed by atoms with Crippen LogP contribution in [0, 0.1) is 0 Å². The van der Waals surface area contributed by atoms with Crippen molar-refractivity contribution in [3.8, 4) is 0 Å². The Bertz CT molecular complexity index is 298. The molecule has 0 spiro atoms.